The number of nitrogens with zero attached hydrogens (tertiary/aromatic N) is 2. The van der Waals surface area contributed by atoms with Crippen molar-refractivity contribution in [3.05, 3.63) is 59.3 Å². The van der Waals surface area contributed by atoms with Gasteiger partial charge in [0, 0.05) is 10.9 Å². The average Bonchev–Trinajstić information content (AvgIpc) is 3.05. The van der Waals surface area contributed by atoms with Crippen LogP contribution < -0.4 is 4.74 Å². The molecule has 0 aliphatic heterocycles. The summed E-state index contributed by atoms with van der Waals surface area (Å²) in [5.41, 5.74) is 1.99. The molecular weight excluding hydrogens is 373 g/mol. The number of carbonyl (C=O) groups is 1. The molecule has 0 fully saturated rings. The lowest BCUT2D eigenvalue weighted by Gasteiger charge is -2.11. The summed E-state index contributed by atoms with van der Waals surface area (Å²) in [5, 5.41) is 4.95. The van der Waals surface area contributed by atoms with Gasteiger partial charge in [-0.25, -0.2) is 4.79 Å². The van der Waals surface area contributed by atoms with Gasteiger partial charge in [-0.05, 0) is 36.8 Å². The molecule has 0 aliphatic rings. The fraction of sp³-hybridized carbons (Fsp3) is 0.200. The summed E-state index contributed by atoms with van der Waals surface area (Å²) in [6.07, 6.45) is -3.21. The smallest absolute Gasteiger partial charge is 0.465 e. The SMILES string of the molecule is CC#Cc1ccc(C(=O)OC)c2c1cnn2Cc1cccc(OC(F)(F)F)c1. The van der Waals surface area contributed by atoms with Crippen molar-refractivity contribution >= 4 is 16.9 Å². The van der Waals surface area contributed by atoms with Crippen LogP contribution in [0.2, 0.25) is 0 Å². The highest BCUT2D eigenvalue weighted by atomic mass is 19.4. The normalized spacial score (nSPS) is 11.0. The van der Waals surface area contributed by atoms with Crippen LogP contribution in [0.15, 0.2) is 42.6 Å². The van der Waals surface area contributed by atoms with E-state index in [1.807, 2.05) is 0 Å². The minimum absolute atomic E-state index is 0.131. The van der Waals surface area contributed by atoms with E-state index < -0.39 is 12.3 Å². The average molecular weight is 388 g/mol. The molecule has 0 N–H and O–H groups in total. The first-order valence-electron chi connectivity index (χ1n) is 8.16. The van der Waals surface area contributed by atoms with Gasteiger partial charge in [0.2, 0.25) is 0 Å². The Morgan fingerprint density at radius 1 is 1.25 bits per heavy atom. The second-order valence-corrected chi connectivity index (χ2v) is 5.79. The van der Waals surface area contributed by atoms with Gasteiger partial charge < -0.3 is 9.47 Å². The molecule has 1 heterocycles. The number of alkyl halides is 3. The number of aromatic nitrogens is 2. The molecule has 1 aromatic heterocycles. The number of hydrogen-bond donors (Lipinski definition) is 0. The zero-order valence-corrected chi connectivity index (χ0v) is 15.0. The lowest BCUT2D eigenvalue weighted by molar-refractivity contribution is -0.274. The van der Waals surface area contributed by atoms with E-state index in [-0.39, 0.29) is 12.3 Å². The third kappa shape index (κ3) is 4.09. The van der Waals surface area contributed by atoms with Crippen LogP contribution in [0.25, 0.3) is 10.9 Å². The minimum atomic E-state index is -4.78. The number of methoxy groups -OCH3 is 1. The van der Waals surface area contributed by atoms with Crippen molar-refractivity contribution in [3.8, 4) is 17.6 Å². The molecule has 0 saturated heterocycles. The van der Waals surface area contributed by atoms with Crippen LogP contribution >= 0.6 is 0 Å². The second kappa shape index (κ2) is 7.64. The third-order valence-corrected chi connectivity index (χ3v) is 3.93. The Kier molecular flexibility index (Phi) is 5.27. The van der Waals surface area contributed by atoms with Crippen LogP contribution in [-0.2, 0) is 11.3 Å². The molecule has 0 amide bonds. The van der Waals surface area contributed by atoms with Gasteiger partial charge in [-0.15, -0.1) is 19.1 Å². The van der Waals surface area contributed by atoms with E-state index in [1.165, 1.54) is 30.0 Å². The lowest BCUT2D eigenvalue weighted by atomic mass is 10.1. The van der Waals surface area contributed by atoms with Gasteiger partial charge in [0.1, 0.15) is 5.75 Å². The summed E-state index contributed by atoms with van der Waals surface area (Å²) < 4.78 is 47.7. The first-order valence-corrected chi connectivity index (χ1v) is 8.16. The maximum absolute atomic E-state index is 12.5. The molecule has 2 aromatic carbocycles. The van der Waals surface area contributed by atoms with Gasteiger partial charge in [-0.1, -0.05) is 18.1 Å². The predicted octanol–water partition coefficient (Wildman–Crippen LogP) is 4.14. The van der Waals surface area contributed by atoms with Gasteiger partial charge >= 0.3 is 12.3 Å². The number of halogens is 3. The number of rotatable bonds is 4. The monoisotopic (exact) mass is 388 g/mol. The van der Waals surface area contributed by atoms with Gasteiger partial charge in [0.15, 0.2) is 0 Å². The Morgan fingerprint density at radius 2 is 2.04 bits per heavy atom. The molecule has 0 atom stereocenters. The Balaban J connectivity index is 2.06. The number of hydrogen-bond acceptors (Lipinski definition) is 4. The number of carbonyl (C=O) groups excluding carboxylic acids is 1. The lowest BCUT2D eigenvalue weighted by Crippen LogP contribution is -2.17. The summed E-state index contributed by atoms with van der Waals surface area (Å²) in [6, 6.07) is 8.88. The zero-order chi connectivity index (χ0) is 20.3. The highest BCUT2D eigenvalue weighted by Gasteiger charge is 2.31. The molecule has 3 aromatic rings. The van der Waals surface area contributed by atoms with Crippen molar-refractivity contribution in [2.24, 2.45) is 0 Å². The molecule has 5 nitrogen and oxygen atoms in total. The van der Waals surface area contributed by atoms with Gasteiger partial charge in [0.05, 0.1) is 30.9 Å². The molecule has 0 unspecified atom stereocenters. The summed E-state index contributed by atoms with van der Waals surface area (Å²) in [5.74, 6) is 4.88. The van der Waals surface area contributed by atoms with Crippen LogP contribution in [0, 0.1) is 11.8 Å². The first kappa shape index (κ1) is 19.3. The zero-order valence-electron chi connectivity index (χ0n) is 15.0. The first-order chi connectivity index (χ1) is 13.3. The maximum Gasteiger partial charge on any atom is 0.573 e. The molecule has 0 radical (unpaired) electrons. The highest BCUT2D eigenvalue weighted by molar-refractivity contribution is 6.04. The molecule has 0 bridgehead atoms. The fourth-order valence-electron chi connectivity index (χ4n) is 2.85. The summed E-state index contributed by atoms with van der Waals surface area (Å²) in [7, 11) is 1.27. The van der Waals surface area contributed by atoms with Crippen molar-refractivity contribution in [2.45, 2.75) is 19.8 Å². The maximum atomic E-state index is 12.5. The summed E-state index contributed by atoms with van der Waals surface area (Å²) in [6.45, 7) is 1.82. The van der Waals surface area contributed by atoms with Crippen LogP contribution in [-0.4, -0.2) is 29.2 Å². The van der Waals surface area contributed by atoms with Crippen molar-refractivity contribution in [2.75, 3.05) is 7.11 Å². The van der Waals surface area contributed by atoms with Gasteiger partial charge in [-0.3, -0.25) is 4.68 Å². The van der Waals surface area contributed by atoms with Gasteiger partial charge in [0.25, 0.3) is 0 Å². The largest absolute Gasteiger partial charge is 0.573 e. The molecule has 0 saturated carbocycles. The van der Waals surface area contributed by atoms with E-state index in [2.05, 4.69) is 21.7 Å². The Bertz CT molecular complexity index is 1090. The van der Waals surface area contributed by atoms with Crippen LogP contribution in [0.4, 0.5) is 13.2 Å². The predicted molar refractivity (Wildman–Crippen MR) is 95.9 cm³/mol. The number of benzene rings is 2. The molecule has 3 rings (SSSR count). The van der Waals surface area contributed by atoms with Crippen LogP contribution in [0.5, 0.6) is 5.75 Å². The van der Waals surface area contributed by atoms with Crippen LogP contribution in [0.3, 0.4) is 0 Å². The number of esters is 1. The standard InChI is InChI=1S/C20H15F3N2O3/c1-3-5-14-8-9-16(19(26)27-2)18-17(14)11-24-25(18)12-13-6-4-7-15(10-13)28-20(21,22)23/h4,6-11H,12H2,1-2H3. The quantitative estimate of drug-likeness (QED) is 0.498. The fourth-order valence-corrected chi connectivity index (χ4v) is 2.85. The summed E-state index contributed by atoms with van der Waals surface area (Å²) >= 11 is 0. The van der Waals surface area contributed by atoms with Crippen molar-refractivity contribution in [1.29, 1.82) is 0 Å². The Morgan fingerprint density at radius 3 is 2.71 bits per heavy atom. The molecular formula is C20H15F3N2O3. The van der Waals surface area contributed by atoms with Gasteiger partial charge in [-0.2, -0.15) is 5.10 Å². The summed E-state index contributed by atoms with van der Waals surface area (Å²) in [4.78, 5) is 12.2. The topological polar surface area (TPSA) is 53.3 Å². The van der Waals surface area contributed by atoms with E-state index in [1.54, 1.807) is 31.3 Å². The Hall–Kier alpha value is -3.47. The molecule has 0 spiro atoms. The number of ether oxygens (including phenoxy) is 2. The minimum Gasteiger partial charge on any atom is -0.465 e. The van der Waals surface area contributed by atoms with E-state index in [9.17, 15) is 18.0 Å². The molecule has 0 aliphatic carbocycles. The van der Waals surface area contributed by atoms with E-state index in [4.69, 9.17) is 4.74 Å². The van der Waals surface area contributed by atoms with Crippen LogP contribution in [0.1, 0.15) is 28.4 Å². The van der Waals surface area contributed by atoms with E-state index in [0.29, 0.717) is 27.6 Å². The van der Waals surface area contributed by atoms with Crippen molar-refractivity contribution in [1.82, 2.24) is 9.78 Å². The molecule has 28 heavy (non-hydrogen) atoms. The van der Waals surface area contributed by atoms with Crippen molar-refractivity contribution < 1.29 is 27.4 Å². The molecule has 144 valence electrons. The third-order valence-electron chi connectivity index (χ3n) is 3.93. The van der Waals surface area contributed by atoms with E-state index >= 15 is 0 Å². The highest BCUT2D eigenvalue weighted by Crippen LogP contribution is 2.26. The number of fused-ring (bicyclic) bond motifs is 1. The van der Waals surface area contributed by atoms with E-state index in [0.717, 1.165) is 0 Å². The van der Waals surface area contributed by atoms with Crippen molar-refractivity contribution in [3.63, 3.8) is 0 Å². The Labute approximate surface area is 158 Å². The second-order valence-electron chi connectivity index (χ2n) is 5.79. The molecule has 8 heteroatoms.